The molecule has 134 valence electrons. The molecule has 0 spiro atoms. The maximum Gasteiger partial charge on any atom is 0.225 e. The van der Waals surface area contributed by atoms with Crippen molar-refractivity contribution in [3.63, 3.8) is 0 Å². The zero-order chi connectivity index (χ0) is 17.8. The number of hydrogen-bond acceptors (Lipinski definition) is 5. The summed E-state index contributed by atoms with van der Waals surface area (Å²) in [5, 5.41) is 6.50. The van der Waals surface area contributed by atoms with E-state index in [1.165, 1.54) is 0 Å². The highest BCUT2D eigenvalue weighted by molar-refractivity contribution is 7.80. The average Bonchev–Trinajstić information content (AvgIpc) is 2.62. The Morgan fingerprint density at radius 3 is 2.28 bits per heavy atom. The van der Waals surface area contributed by atoms with Crippen LogP contribution in [0.3, 0.4) is 0 Å². The number of benzene rings is 1. The van der Waals surface area contributed by atoms with E-state index in [1.807, 2.05) is 4.90 Å². The Morgan fingerprint density at radius 1 is 1.12 bits per heavy atom. The van der Waals surface area contributed by atoms with Crippen molar-refractivity contribution in [2.24, 2.45) is 5.14 Å². The molecule has 25 heavy (non-hydrogen) atoms. The Labute approximate surface area is 158 Å². The third-order valence-electron chi connectivity index (χ3n) is 3.84. The van der Waals surface area contributed by atoms with Crippen LogP contribution in [0, 0.1) is 0 Å². The molecule has 1 saturated heterocycles. The summed E-state index contributed by atoms with van der Waals surface area (Å²) >= 11 is 10.8. The Morgan fingerprint density at radius 2 is 1.72 bits per heavy atom. The van der Waals surface area contributed by atoms with Crippen LogP contribution in [0.25, 0.3) is 0 Å². The van der Waals surface area contributed by atoms with E-state index in [0.29, 0.717) is 47.9 Å². The predicted molar refractivity (Wildman–Crippen MR) is 98.9 cm³/mol. The minimum Gasteiger partial charge on any atom is -0.486 e. The molecule has 1 fully saturated rings. The molecule has 1 aliphatic heterocycles. The van der Waals surface area contributed by atoms with Crippen LogP contribution in [0.4, 0.5) is 5.95 Å². The maximum atomic E-state index is 11.3. The molecule has 0 saturated carbocycles. The standard InChI is InChI=1S/C15H17Cl2N5O2S/c16-13-2-1-3-14(17)12(13)10-24-11-8-19-15(20-9-11)21-4-6-22(7-5-21)25(18)23/h1-3,8-9H,4-7,10,18H2. The summed E-state index contributed by atoms with van der Waals surface area (Å²) in [4.78, 5) is 10.7. The van der Waals surface area contributed by atoms with Crippen molar-refractivity contribution < 1.29 is 8.95 Å². The lowest BCUT2D eigenvalue weighted by Gasteiger charge is -2.32. The molecular weight excluding hydrogens is 385 g/mol. The fourth-order valence-corrected chi connectivity index (χ4v) is 3.47. The van der Waals surface area contributed by atoms with Crippen LogP contribution in [-0.4, -0.2) is 44.7 Å². The van der Waals surface area contributed by atoms with Gasteiger partial charge >= 0.3 is 0 Å². The minimum absolute atomic E-state index is 0.238. The van der Waals surface area contributed by atoms with E-state index < -0.39 is 11.2 Å². The average molecular weight is 402 g/mol. The fraction of sp³-hybridized carbons (Fsp3) is 0.333. The summed E-state index contributed by atoms with van der Waals surface area (Å²) in [6.07, 6.45) is 3.22. The van der Waals surface area contributed by atoms with E-state index in [-0.39, 0.29) is 6.61 Å². The molecule has 7 nitrogen and oxygen atoms in total. The van der Waals surface area contributed by atoms with Crippen molar-refractivity contribution in [1.29, 1.82) is 0 Å². The molecule has 10 heteroatoms. The van der Waals surface area contributed by atoms with Crippen molar-refractivity contribution in [1.82, 2.24) is 14.3 Å². The van der Waals surface area contributed by atoms with Crippen molar-refractivity contribution in [2.75, 3.05) is 31.1 Å². The Kier molecular flexibility index (Phi) is 6.08. The summed E-state index contributed by atoms with van der Waals surface area (Å²) in [6.45, 7) is 2.78. The molecule has 1 atom stereocenters. The molecule has 0 aliphatic carbocycles. The molecule has 2 N–H and O–H groups in total. The van der Waals surface area contributed by atoms with Crippen LogP contribution in [-0.2, 0) is 17.8 Å². The van der Waals surface area contributed by atoms with E-state index in [2.05, 4.69) is 9.97 Å². The van der Waals surface area contributed by atoms with Gasteiger partial charge < -0.3 is 9.64 Å². The number of nitrogens with two attached hydrogens (primary N) is 1. The molecule has 1 aliphatic rings. The van der Waals surface area contributed by atoms with Crippen LogP contribution in [0.2, 0.25) is 10.0 Å². The number of halogens is 2. The van der Waals surface area contributed by atoms with Gasteiger partial charge in [0.2, 0.25) is 5.95 Å². The SMILES string of the molecule is NS(=O)N1CCN(c2ncc(OCc3c(Cl)cccc3Cl)cn2)CC1. The monoisotopic (exact) mass is 401 g/mol. The molecule has 1 aromatic heterocycles. The number of rotatable bonds is 5. The fourth-order valence-electron chi connectivity index (χ4n) is 2.44. The molecule has 3 rings (SSSR count). The Hall–Kier alpha value is -1.45. The van der Waals surface area contributed by atoms with Gasteiger partial charge in [0.05, 0.1) is 12.4 Å². The van der Waals surface area contributed by atoms with Crippen LogP contribution in [0.1, 0.15) is 5.56 Å². The molecule has 0 amide bonds. The van der Waals surface area contributed by atoms with Crippen molar-refractivity contribution in [3.05, 3.63) is 46.2 Å². The van der Waals surface area contributed by atoms with Crippen LogP contribution >= 0.6 is 23.2 Å². The van der Waals surface area contributed by atoms with E-state index in [0.717, 1.165) is 5.56 Å². The zero-order valence-corrected chi connectivity index (χ0v) is 15.6. The number of nitrogens with zero attached hydrogens (tertiary/aromatic N) is 4. The van der Waals surface area contributed by atoms with Gasteiger partial charge in [0.25, 0.3) is 0 Å². The number of piperazine rings is 1. The number of aromatic nitrogens is 2. The summed E-state index contributed by atoms with van der Waals surface area (Å²) in [6, 6.07) is 5.31. The summed E-state index contributed by atoms with van der Waals surface area (Å²) in [5.74, 6) is 1.13. The first-order valence-electron chi connectivity index (χ1n) is 7.58. The maximum absolute atomic E-state index is 11.3. The van der Waals surface area contributed by atoms with E-state index >= 15 is 0 Å². The quantitative estimate of drug-likeness (QED) is 0.827. The van der Waals surface area contributed by atoms with Gasteiger partial charge in [-0.2, -0.15) is 0 Å². The van der Waals surface area contributed by atoms with Crippen molar-refractivity contribution >= 4 is 40.3 Å². The van der Waals surface area contributed by atoms with Gasteiger partial charge in [-0.3, -0.25) is 0 Å². The molecule has 1 aromatic carbocycles. The van der Waals surface area contributed by atoms with E-state index in [1.54, 1.807) is 34.9 Å². The molecule has 1 unspecified atom stereocenters. The van der Waals surface area contributed by atoms with Crippen molar-refractivity contribution in [2.45, 2.75) is 6.61 Å². The smallest absolute Gasteiger partial charge is 0.225 e. The largest absolute Gasteiger partial charge is 0.486 e. The highest BCUT2D eigenvalue weighted by Gasteiger charge is 2.21. The highest BCUT2D eigenvalue weighted by atomic mass is 35.5. The van der Waals surface area contributed by atoms with Gasteiger partial charge in [0, 0.05) is 41.8 Å². The van der Waals surface area contributed by atoms with Gasteiger partial charge in [0.15, 0.2) is 16.9 Å². The Balaban J connectivity index is 1.59. The normalized spacial score (nSPS) is 16.7. The first kappa shape index (κ1) is 18.3. The first-order chi connectivity index (χ1) is 12.0. The third kappa shape index (κ3) is 4.59. The Bertz CT molecular complexity index is 734. The number of anilines is 1. The lowest BCUT2D eigenvalue weighted by atomic mass is 10.2. The third-order valence-corrected chi connectivity index (χ3v) is 5.42. The van der Waals surface area contributed by atoms with Crippen LogP contribution in [0.15, 0.2) is 30.6 Å². The second kappa shape index (κ2) is 8.29. The second-order valence-corrected chi connectivity index (χ2v) is 7.28. The lowest BCUT2D eigenvalue weighted by molar-refractivity contribution is 0.303. The topological polar surface area (TPSA) is 84.6 Å². The van der Waals surface area contributed by atoms with E-state index in [9.17, 15) is 4.21 Å². The molecule has 0 radical (unpaired) electrons. The molecule has 2 aromatic rings. The van der Waals surface area contributed by atoms with Gasteiger partial charge in [-0.15, -0.1) is 0 Å². The summed E-state index contributed by atoms with van der Waals surface area (Å²) in [5.41, 5.74) is 0.723. The molecule has 0 bridgehead atoms. The van der Waals surface area contributed by atoms with Crippen LogP contribution < -0.4 is 14.8 Å². The summed E-state index contributed by atoms with van der Waals surface area (Å²) < 4.78 is 18.6. The minimum atomic E-state index is -1.43. The first-order valence-corrected chi connectivity index (χ1v) is 9.51. The zero-order valence-electron chi connectivity index (χ0n) is 13.3. The van der Waals surface area contributed by atoms with Gasteiger partial charge in [-0.25, -0.2) is 23.6 Å². The van der Waals surface area contributed by atoms with Gasteiger partial charge in [0.1, 0.15) is 6.61 Å². The molecule has 2 heterocycles. The highest BCUT2D eigenvalue weighted by Crippen LogP contribution is 2.25. The number of ether oxygens (including phenoxy) is 1. The lowest BCUT2D eigenvalue weighted by Crippen LogP contribution is -2.48. The van der Waals surface area contributed by atoms with Crippen LogP contribution in [0.5, 0.6) is 5.75 Å². The van der Waals surface area contributed by atoms with Crippen molar-refractivity contribution in [3.8, 4) is 5.75 Å². The number of hydrogen-bond donors (Lipinski definition) is 1. The predicted octanol–water partition coefficient (Wildman–Crippen LogP) is 2.02. The second-order valence-electron chi connectivity index (χ2n) is 5.40. The molecular formula is C15H17Cl2N5O2S. The summed E-state index contributed by atoms with van der Waals surface area (Å²) in [7, 11) is 0. The van der Waals surface area contributed by atoms with E-state index in [4.69, 9.17) is 33.1 Å². The van der Waals surface area contributed by atoms with Gasteiger partial charge in [-0.1, -0.05) is 29.3 Å². The van der Waals surface area contributed by atoms with Gasteiger partial charge in [-0.05, 0) is 12.1 Å².